The molecule has 1 saturated heterocycles. The maximum absolute atomic E-state index is 12.4. The van der Waals surface area contributed by atoms with Gasteiger partial charge in [-0.05, 0) is 43.2 Å². The molecule has 1 saturated carbocycles. The Balaban J connectivity index is 1.56. The van der Waals surface area contributed by atoms with Crippen LogP contribution < -0.4 is 5.73 Å². The standard InChI is InChI=1S/C16H22N2O/c17-11-12-6-8-18(9-7-12)16(19)15-10-14(15)13-4-2-1-3-5-13/h1-5,12,14-15H,6-11,17H2/t14-,15?/m0/s1. The fraction of sp³-hybridized carbons (Fsp3) is 0.562. The number of rotatable bonds is 3. The van der Waals surface area contributed by atoms with Crippen molar-refractivity contribution in [1.82, 2.24) is 4.90 Å². The molecule has 3 heteroatoms. The molecule has 2 fully saturated rings. The summed E-state index contributed by atoms with van der Waals surface area (Å²) in [5, 5.41) is 0. The van der Waals surface area contributed by atoms with Crippen molar-refractivity contribution in [2.45, 2.75) is 25.2 Å². The highest BCUT2D eigenvalue weighted by Crippen LogP contribution is 2.48. The summed E-state index contributed by atoms with van der Waals surface area (Å²) >= 11 is 0. The Morgan fingerprint density at radius 2 is 1.89 bits per heavy atom. The maximum Gasteiger partial charge on any atom is 0.226 e. The molecule has 0 spiro atoms. The highest BCUT2D eigenvalue weighted by Gasteiger charge is 2.45. The van der Waals surface area contributed by atoms with Gasteiger partial charge in [-0.2, -0.15) is 0 Å². The van der Waals surface area contributed by atoms with E-state index in [9.17, 15) is 4.79 Å². The lowest BCUT2D eigenvalue weighted by Crippen LogP contribution is -2.41. The first-order valence-corrected chi connectivity index (χ1v) is 7.33. The molecular weight excluding hydrogens is 236 g/mol. The molecule has 2 N–H and O–H groups in total. The third kappa shape index (κ3) is 2.66. The van der Waals surface area contributed by atoms with Crippen LogP contribution in [0.1, 0.15) is 30.7 Å². The number of piperidine rings is 1. The number of hydrogen-bond acceptors (Lipinski definition) is 2. The summed E-state index contributed by atoms with van der Waals surface area (Å²) in [5.41, 5.74) is 7.01. The Morgan fingerprint density at radius 1 is 1.21 bits per heavy atom. The highest BCUT2D eigenvalue weighted by molar-refractivity contribution is 5.83. The lowest BCUT2D eigenvalue weighted by atomic mass is 9.96. The van der Waals surface area contributed by atoms with E-state index in [0.717, 1.165) is 38.9 Å². The van der Waals surface area contributed by atoms with Gasteiger partial charge in [0.1, 0.15) is 0 Å². The molecule has 1 heterocycles. The molecule has 1 unspecified atom stereocenters. The average molecular weight is 258 g/mol. The van der Waals surface area contributed by atoms with E-state index < -0.39 is 0 Å². The molecule has 19 heavy (non-hydrogen) atoms. The van der Waals surface area contributed by atoms with Gasteiger partial charge in [0.2, 0.25) is 5.91 Å². The zero-order chi connectivity index (χ0) is 13.2. The number of carbonyl (C=O) groups excluding carboxylic acids is 1. The van der Waals surface area contributed by atoms with Crippen LogP contribution in [0, 0.1) is 11.8 Å². The van der Waals surface area contributed by atoms with Gasteiger partial charge in [0, 0.05) is 19.0 Å². The Labute approximate surface area is 114 Å². The molecule has 0 bridgehead atoms. The molecule has 0 radical (unpaired) electrons. The molecule has 1 aliphatic carbocycles. The van der Waals surface area contributed by atoms with Gasteiger partial charge in [-0.25, -0.2) is 0 Å². The second-order valence-electron chi connectivity index (χ2n) is 5.86. The van der Waals surface area contributed by atoms with Crippen LogP contribution in [-0.2, 0) is 4.79 Å². The van der Waals surface area contributed by atoms with Crippen LogP contribution in [0.15, 0.2) is 30.3 Å². The predicted molar refractivity (Wildman–Crippen MR) is 75.6 cm³/mol. The molecule has 3 rings (SSSR count). The quantitative estimate of drug-likeness (QED) is 0.901. The number of carbonyl (C=O) groups is 1. The van der Waals surface area contributed by atoms with Crippen molar-refractivity contribution in [3.8, 4) is 0 Å². The van der Waals surface area contributed by atoms with Crippen LogP contribution in [-0.4, -0.2) is 30.4 Å². The number of nitrogens with two attached hydrogens (primary N) is 1. The van der Waals surface area contributed by atoms with Crippen LogP contribution in [0.4, 0.5) is 0 Å². The number of hydrogen-bond donors (Lipinski definition) is 1. The van der Waals surface area contributed by atoms with Gasteiger partial charge in [0.25, 0.3) is 0 Å². The molecule has 2 atom stereocenters. The SMILES string of the molecule is NCC1CCN(C(=O)C2C[C@H]2c2ccccc2)CC1. The maximum atomic E-state index is 12.4. The summed E-state index contributed by atoms with van der Waals surface area (Å²) in [5.74, 6) is 1.68. The van der Waals surface area contributed by atoms with Gasteiger partial charge in [0.05, 0.1) is 0 Å². The first-order chi connectivity index (χ1) is 9.29. The monoisotopic (exact) mass is 258 g/mol. The summed E-state index contributed by atoms with van der Waals surface area (Å²) in [6.07, 6.45) is 3.18. The molecular formula is C16H22N2O. The van der Waals surface area contributed by atoms with E-state index in [4.69, 9.17) is 5.73 Å². The van der Waals surface area contributed by atoms with Crippen LogP contribution in [0.25, 0.3) is 0 Å². The fourth-order valence-electron chi connectivity index (χ4n) is 3.16. The second-order valence-corrected chi connectivity index (χ2v) is 5.86. The van der Waals surface area contributed by atoms with Gasteiger partial charge >= 0.3 is 0 Å². The Bertz CT molecular complexity index is 437. The summed E-state index contributed by atoms with van der Waals surface area (Å²) < 4.78 is 0. The van der Waals surface area contributed by atoms with Gasteiger partial charge in [-0.3, -0.25) is 4.79 Å². The van der Waals surface area contributed by atoms with E-state index in [1.807, 2.05) is 6.07 Å². The van der Waals surface area contributed by atoms with E-state index in [2.05, 4.69) is 29.2 Å². The molecule has 1 aromatic rings. The van der Waals surface area contributed by atoms with E-state index in [1.54, 1.807) is 0 Å². The smallest absolute Gasteiger partial charge is 0.226 e. The average Bonchev–Trinajstić information content (AvgIpc) is 3.28. The third-order valence-corrected chi connectivity index (χ3v) is 4.59. The third-order valence-electron chi connectivity index (χ3n) is 4.59. The Kier molecular flexibility index (Phi) is 3.56. The van der Waals surface area contributed by atoms with Crippen molar-refractivity contribution in [3.63, 3.8) is 0 Å². The number of nitrogens with zero attached hydrogens (tertiary/aromatic N) is 1. The first kappa shape index (κ1) is 12.7. The van der Waals surface area contributed by atoms with Gasteiger partial charge in [-0.1, -0.05) is 30.3 Å². The summed E-state index contributed by atoms with van der Waals surface area (Å²) in [4.78, 5) is 14.5. The van der Waals surface area contributed by atoms with Crippen LogP contribution >= 0.6 is 0 Å². The highest BCUT2D eigenvalue weighted by atomic mass is 16.2. The molecule has 0 aromatic heterocycles. The van der Waals surface area contributed by atoms with Crippen molar-refractivity contribution in [2.24, 2.45) is 17.6 Å². The molecule has 1 aliphatic heterocycles. The first-order valence-electron chi connectivity index (χ1n) is 7.33. The van der Waals surface area contributed by atoms with Crippen LogP contribution in [0.2, 0.25) is 0 Å². The largest absolute Gasteiger partial charge is 0.342 e. The van der Waals surface area contributed by atoms with Crippen molar-refractivity contribution in [1.29, 1.82) is 0 Å². The minimum Gasteiger partial charge on any atom is -0.342 e. The molecule has 102 valence electrons. The summed E-state index contributed by atoms with van der Waals surface area (Å²) in [7, 11) is 0. The van der Waals surface area contributed by atoms with Gasteiger partial charge < -0.3 is 10.6 Å². The van der Waals surface area contributed by atoms with Crippen LogP contribution in [0.3, 0.4) is 0 Å². The van der Waals surface area contributed by atoms with E-state index >= 15 is 0 Å². The zero-order valence-corrected chi connectivity index (χ0v) is 11.3. The number of benzene rings is 1. The minimum absolute atomic E-state index is 0.233. The molecule has 3 nitrogen and oxygen atoms in total. The molecule has 1 aromatic carbocycles. The molecule has 2 aliphatic rings. The lowest BCUT2D eigenvalue weighted by Gasteiger charge is -2.31. The van der Waals surface area contributed by atoms with Crippen molar-refractivity contribution in [3.05, 3.63) is 35.9 Å². The lowest BCUT2D eigenvalue weighted by molar-refractivity contribution is -0.134. The zero-order valence-electron chi connectivity index (χ0n) is 11.3. The van der Waals surface area contributed by atoms with Crippen LogP contribution in [0.5, 0.6) is 0 Å². The Hall–Kier alpha value is -1.35. The predicted octanol–water partition coefficient (Wildman–Crippen LogP) is 1.99. The van der Waals surface area contributed by atoms with Gasteiger partial charge in [0.15, 0.2) is 0 Å². The van der Waals surface area contributed by atoms with E-state index in [1.165, 1.54) is 5.56 Å². The van der Waals surface area contributed by atoms with Crippen molar-refractivity contribution >= 4 is 5.91 Å². The Morgan fingerprint density at radius 3 is 2.53 bits per heavy atom. The van der Waals surface area contributed by atoms with Crippen molar-refractivity contribution in [2.75, 3.05) is 19.6 Å². The summed E-state index contributed by atoms with van der Waals surface area (Å²) in [6.45, 7) is 2.56. The fourth-order valence-corrected chi connectivity index (χ4v) is 3.16. The number of likely N-dealkylation sites (tertiary alicyclic amines) is 1. The minimum atomic E-state index is 0.233. The second kappa shape index (κ2) is 5.33. The normalized spacial score (nSPS) is 27.3. The van der Waals surface area contributed by atoms with Crippen molar-refractivity contribution < 1.29 is 4.79 Å². The number of amides is 1. The summed E-state index contributed by atoms with van der Waals surface area (Å²) in [6, 6.07) is 10.4. The van der Waals surface area contributed by atoms with E-state index in [-0.39, 0.29) is 5.92 Å². The topological polar surface area (TPSA) is 46.3 Å². The van der Waals surface area contributed by atoms with Gasteiger partial charge in [-0.15, -0.1) is 0 Å². The molecule has 1 amide bonds. The van der Waals surface area contributed by atoms with E-state index in [0.29, 0.717) is 17.7 Å².